The maximum Gasteiger partial charge on any atom is 0.253 e. The van der Waals surface area contributed by atoms with Gasteiger partial charge in [0, 0.05) is 37.1 Å². The van der Waals surface area contributed by atoms with Crippen molar-refractivity contribution in [3.8, 4) is 5.69 Å². The van der Waals surface area contributed by atoms with Gasteiger partial charge in [0.1, 0.15) is 5.54 Å². The first-order chi connectivity index (χ1) is 12.3. The highest BCUT2D eigenvalue weighted by molar-refractivity contribution is 5.96. The van der Waals surface area contributed by atoms with Gasteiger partial charge in [-0.25, -0.2) is 4.68 Å². The molecule has 2 N–H and O–H groups in total. The molecule has 0 radical (unpaired) electrons. The summed E-state index contributed by atoms with van der Waals surface area (Å²) in [6.45, 7) is 1.55. The molecule has 0 unspecified atom stereocenters. The molecule has 1 aliphatic rings. The van der Waals surface area contributed by atoms with Gasteiger partial charge in [-0.15, -0.1) is 24.8 Å². The van der Waals surface area contributed by atoms with Gasteiger partial charge in [-0.3, -0.25) is 14.5 Å². The van der Waals surface area contributed by atoms with Crippen molar-refractivity contribution in [3.05, 3.63) is 55.2 Å². The van der Waals surface area contributed by atoms with Gasteiger partial charge in [0.05, 0.1) is 5.69 Å². The molecule has 1 amide bonds. The molecule has 4 rings (SSSR count). The van der Waals surface area contributed by atoms with E-state index in [1.54, 1.807) is 34.0 Å². The quantitative estimate of drug-likeness (QED) is 0.687. The minimum atomic E-state index is -0.685. The number of hydrogen-bond acceptors (Lipinski definition) is 5. The number of carbonyl (C=O) groups is 1. The van der Waals surface area contributed by atoms with Crippen LogP contribution in [0.5, 0.6) is 0 Å². The van der Waals surface area contributed by atoms with Crippen LogP contribution in [0.1, 0.15) is 12.8 Å². The number of pyridine rings is 1. The van der Waals surface area contributed by atoms with Gasteiger partial charge in [0.25, 0.3) is 5.91 Å². The third-order valence-electron chi connectivity index (χ3n) is 4.55. The van der Waals surface area contributed by atoms with Gasteiger partial charge in [0.2, 0.25) is 0 Å². The summed E-state index contributed by atoms with van der Waals surface area (Å²) in [7, 11) is 0. The Labute approximate surface area is 169 Å². The van der Waals surface area contributed by atoms with Crippen LogP contribution in [-0.4, -0.2) is 43.5 Å². The highest BCUT2D eigenvalue weighted by Crippen LogP contribution is 2.28. The number of aromatic nitrogens is 5. The zero-order valence-corrected chi connectivity index (χ0v) is 16.1. The minimum Gasteiger partial charge on any atom is -0.317 e. The van der Waals surface area contributed by atoms with Crippen molar-refractivity contribution in [2.45, 2.75) is 18.4 Å². The maximum absolute atomic E-state index is 13.1. The van der Waals surface area contributed by atoms with Crippen LogP contribution in [0.15, 0.2) is 55.2 Å². The van der Waals surface area contributed by atoms with E-state index in [1.165, 1.54) is 0 Å². The second-order valence-electron chi connectivity index (χ2n) is 6.04. The molecular formula is C17H21Cl2N7O. The van der Waals surface area contributed by atoms with Crippen LogP contribution >= 0.6 is 24.8 Å². The minimum absolute atomic E-state index is 0. The van der Waals surface area contributed by atoms with Crippen LogP contribution in [0, 0.1) is 0 Å². The number of hydrogen-bond donors (Lipinski definition) is 2. The third kappa shape index (κ3) is 4.13. The van der Waals surface area contributed by atoms with Crippen molar-refractivity contribution < 1.29 is 4.79 Å². The zero-order valence-electron chi connectivity index (χ0n) is 14.5. The molecular weight excluding hydrogens is 389 g/mol. The molecule has 10 heteroatoms. The lowest BCUT2D eigenvalue weighted by atomic mass is 9.87. The monoisotopic (exact) mass is 409 g/mol. The van der Waals surface area contributed by atoms with E-state index in [0.717, 1.165) is 18.8 Å². The summed E-state index contributed by atoms with van der Waals surface area (Å²) < 4.78 is 3.48. The first-order valence-corrected chi connectivity index (χ1v) is 8.26. The Hall–Kier alpha value is -2.42. The molecule has 4 heterocycles. The van der Waals surface area contributed by atoms with Gasteiger partial charge < -0.3 is 10.6 Å². The molecule has 1 saturated heterocycles. The molecule has 0 aliphatic carbocycles. The molecule has 0 spiro atoms. The Morgan fingerprint density at radius 3 is 2.48 bits per heavy atom. The smallest absolute Gasteiger partial charge is 0.253 e. The summed E-state index contributed by atoms with van der Waals surface area (Å²) in [6, 6.07) is 7.35. The van der Waals surface area contributed by atoms with E-state index in [4.69, 9.17) is 0 Å². The zero-order chi connectivity index (χ0) is 17.1. The van der Waals surface area contributed by atoms with Crippen molar-refractivity contribution in [1.29, 1.82) is 0 Å². The average Bonchev–Trinajstić information content (AvgIpc) is 3.35. The normalized spacial score (nSPS) is 15.3. The van der Waals surface area contributed by atoms with Crippen molar-refractivity contribution in [2.24, 2.45) is 0 Å². The predicted molar refractivity (Wildman–Crippen MR) is 107 cm³/mol. The number of anilines is 1. The summed E-state index contributed by atoms with van der Waals surface area (Å²) >= 11 is 0. The van der Waals surface area contributed by atoms with Crippen molar-refractivity contribution in [1.82, 2.24) is 29.9 Å². The van der Waals surface area contributed by atoms with E-state index in [9.17, 15) is 4.79 Å². The fraction of sp³-hybridized carbons (Fsp3) is 0.294. The topological polar surface area (TPSA) is 89.7 Å². The summed E-state index contributed by atoms with van der Waals surface area (Å²) in [6.07, 6.45) is 10.1. The molecule has 27 heavy (non-hydrogen) atoms. The number of amides is 1. The number of nitrogens with one attached hydrogen (secondary N) is 2. The molecule has 1 fully saturated rings. The van der Waals surface area contributed by atoms with E-state index < -0.39 is 5.54 Å². The van der Waals surface area contributed by atoms with Crippen LogP contribution in [0.25, 0.3) is 5.69 Å². The van der Waals surface area contributed by atoms with E-state index >= 15 is 0 Å². The largest absolute Gasteiger partial charge is 0.317 e. The van der Waals surface area contributed by atoms with Crippen molar-refractivity contribution in [3.63, 3.8) is 0 Å². The molecule has 3 aromatic rings. The van der Waals surface area contributed by atoms with E-state index in [-0.39, 0.29) is 30.7 Å². The van der Waals surface area contributed by atoms with E-state index in [1.807, 2.05) is 30.6 Å². The van der Waals surface area contributed by atoms with Crippen molar-refractivity contribution in [2.75, 3.05) is 18.4 Å². The second kappa shape index (κ2) is 8.98. The molecule has 0 bridgehead atoms. The maximum atomic E-state index is 13.1. The van der Waals surface area contributed by atoms with Crippen LogP contribution in [0.2, 0.25) is 0 Å². The first kappa shape index (κ1) is 20.9. The van der Waals surface area contributed by atoms with Crippen molar-refractivity contribution >= 4 is 36.5 Å². The van der Waals surface area contributed by atoms with Gasteiger partial charge in [-0.2, -0.15) is 10.2 Å². The lowest BCUT2D eigenvalue weighted by Gasteiger charge is -2.36. The lowest BCUT2D eigenvalue weighted by molar-refractivity contribution is -0.126. The number of piperidine rings is 1. The Bertz CT molecular complexity index is 845. The summed E-state index contributed by atoms with van der Waals surface area (Å²) in [5, 5.41) is 15.0. The highest BCUT2D eigenvalue weighted by Gasteiger charge is 2.42. The second-order valence-corrected chi connectivity index (χ2v) is 6.04. The molecule has 1 aliphatic heterocycles. The molecule has 3 aromatic heterocycles. The van der Waals surface area contributed by atoms with Crippen LogP contribution in [-0.2, 0) is 10.3 Å². The Kier molecular flexibility index (Phi) is 6.95. The third-order valence-corrected chi connectivity index (χ3v) is 4.55. The average molecular weight is 410 g/mol. The highest BCUT2D eigenvalue weighted by atomic mass is 35.5. The molecule has 144 valence electrons. The first-order valence-electron chi connectivity index (χ1n) is 8.26. The lowest BCUT2D eigenvalue weighted by Crippen LogP contribution is -2.52. The molecule has 8 nitrogen and oxygen atoms in total. The SMILES string of the molecule is Cl.Cl.O=C(Nc1ccn(-c2ccncc2)n1)C1(n2cccn2)CCNCC1. The Morgan fingerprint density at radius 2 is 1.81 bits per heavy atom. The Balaban J connectivity index is 0.00000131. The standard InChI is InChI=1S/C17H19N7O.2ClH/c25-16(17(5-10-19-11-6-17)24-12-1-7-20-24)21-15-4-13-23(22-15)14-2-8-18-9-3-14;;/h1-4,7-9,12-13,19H,5-6,10-11H2,(H,21,22,25);2*1H. The summed E-state index contributed by atoms with van der Waals surface area (Å²) in [4.78, 5) is 17.1. The summed E-state index contributed by atoms with van der Waals surface area (Å²) in [5.74, 6) is 0.435. The predicted octanol–water partition coefficient (Wildman–Crippen LogP) is 2.02. The van der Waals surface area contributed by atoms with E-state index in [0.29, 0.717) is 18.7 Å². The van der Waals surface area contributed by atoms with Crippen LogP contribution in [0.3, 0.4) is 0 Å². The number of carbonyl (C=O) groups excluding carboxylic acids is 1. The van der Waals surface area contributed by atoms with Crippen LogP contribution < -0.4 is 10.6 Å². The fourth-order valence-electron chi connectivity index (χ4n) is 3.19. The van der Waals surface area contributed by atoms with Gasteiger partial charge >= 0.3 is 0 Å². The molecule has 0 atom stereocenters. The van der Waals surface area contributed by atoms with Crippen LogP contribution in [0.4, 0.5) is 5.82 Å². The number of halogens is 2. The van der Waals surface area contributed by atoms with Gasteiger partial charge in [-0.1, -0.05) is 0 Å². The summed E-state index contributed by atoms with van der Waals surface area (Å²) in [5.41, 5.74) is 0.203. The van der Waals surface area contributed by atoms with Gasteiger partial charge in [0.15, 0.2) is 5.82 Å². The molecule has 0 aromatic carbocycles. The Morgan fingerprint density at radius 1 is 1.07 bits per heavy atom. The molecule has 0 saturated carbocycles. The fourth-order valence-corrected chi connectivity index (χ4v) is 3.19. The van der Waals surface area contributed by atoms with Gasteiger partial charge in [-0.05, 0) is 44.1 Å². The van der Waals surface area contributed by atoms with E-state index in [2.05, 4.69) is 25.8 Å². The number of rotatable bonds is 4. The number of nitrogens with zero attached hydrogens (tertiary/aromatic N) is 5.